The molecule has 0 saturated heterocycles. The summed E-state index contributed by atoms with van der Waals surface area (Å²) in [6.07, 6.45) is 7.75. The molecule has 5 heteroatoms. The van der Waals surface area contributed by atoms with E-state index in [1.165, 1.54) is 19.3 Å². The van der Waals surface area contributed by atoms with E-state index in [0.717, 1.165) is 42.1 Å². The van der Waals surface area contributed by atoms with Crippen LogP contribution in [-0.2, 0) is 0 Å². The molecule has 1 aliphatic heterocycles. The molecule has 0 bridgehead atoms. The number of anilines is 1. The molecule has 3 aromatic rings. The second kappa shape index (κ2) is 8.35. The number of amidine groups is 1. The third-order valence-corrected chi connectivity index (χ3v) is 6.67. The largest absolute Gasteiger partial charge is 0.285 e. The molecule has 1 N–H and O–H groups in total. The molecule has 0 atom stereocenters. The standard InChI is InChI=1S/C26H26ClN3O/c27-22-12-14-23(15-13-22)30-26(16-6-2-1-3-7-17-26)28-25(29-30)24(31)21-11-10-19-8-4-5-9-20(19)18-21/h4-5,8-15,18H,1-3,6-7,16-17H2,(H,28,29). The fourth-order valence-electron chi connectivity index (χ4n) is 4.76. The number of benzene rings is 3. The first kappa shape index (κ1) is 20.1. The van der Waals surface area contributed by atoms with E-state index in [1.54, 1.807) is 0 Å². The molecule has 5 rings (SSSR count). The predicted octanol–water partition coefficient (Wildman–Crippen LogP) is 6.54. The van der Waals surface area contributed by atoms with Crippen LogP contribution in [0.1, 0.15) is 55.3 Å². The molecule has 1 saturated carbocycles. The van der Waals surface area contributed by atoms with Crippen molar-refractivity contribution in [2.24, 2.45) is 4.99 Å². The lowest BCUT2D eigenvalue weighted by Gasteiger charge is -2.38. The molecule has 1 aliphatic carbocycles. The van der Waals surface area contributed by atoms with Crippen molar-refractivity contribution in [2.75, 3.05) is 5.01 Å². The monoisotopic (exact) mass is 431 g/mol. The third kappa shape index (κ3) is 3.92. The van der Waals surface area contributed by atoms with E-state index in [2.05, 4.69) is 16.5 Å². The van der Waals surface area contributed by atoms with Crippen LogP contribution in [0.2, 0.25) is 5.02 Å². The van der Waals surface area contributed by atoms with Crippen LogP contribution in [0.3, 0.4) is 0 Å². The normalized spacial score (nSPS) is 18.4. The summed E-state index contributed by atoms with van der Waals surface area (Å²) in [5, 5.41) is 4.98. The zero-order chi connectivity index (χ0) is 21.3. The first-order chi connectivity index (χ1) is 15.1. The Morgan fingerprint density at radius 1 is 0.871 bits per heavy atom. The van der Waals surface area contributed by atoms with Gasteiger partial charge in [0.15, 0.2) is 11.5 Å². The minimum atomic E-state index is -0.434. The molecule has 0 unspecified atom stereocenters. The van der Waals surface area contributed by atoms with Gasteiger partial charge in [-0.15, -0.1) is 0 Å². The number of hydrazine groups is 1. The maximum Gasteiger partial charge on any atom is 0.229 e. The number of ketones is 1. The minimum Gasteiger partial charge on any atom is -0.285 e. The molecule has 2 aliphatic rings. The zero-order valence-electron chi connectivity index (χ0n) is 17.5. The average Bonchev–Trinajstić information content (AvgIpc) is 3.16. The quantitative estimate of drug-likeness (QED) is 0.479. The summed E-state index contributed by atoms with van der Waals surface area (Å²) in [4.78, 5) is 18.5. The molecule has 0 aromatic heterocycles. The molecule has 1 fully saturated rings. The van der Waals surface area contributed by atoms with Gasteiger partial charge in [0.1, 0.15) is 0 Å². The van der Waals surface area contributed by atoms with Gasteiger partial charge in [0.2, 0.25) is 5.78 Å². The first-order valence-corrected chi connectivity index (χ1v) is 11.5. The first-order valence-electron chi connectivity index (χ1n) is 11.1. The third-order valence-electron chi connectivity index (χ3n) is 6.42. The van der Waals surface area contributed by atoms with Gasteiger partial charge in [-0.1, -0.05) is 67.3 Å². The molecule has 0 amide bonds. The summed E-state index contributed by atoms with van der Waals surface area (Å²) in [6.45, 7) is 0. The Kier molecular flexibility index (Phi) is 5.41. The van der Waals surface area contributed by atoms with Crippen LogP contribution in [0.25, 0.3) is 10.8 Å². The Morgan fingerprint density at radius 3 is 2.29 bits per heavy atom. The molecular weight excluding hydrogens is 406 g/mol. The molecule has 158 valence electrons. The van der Waals surface area contributed by atoms with Crippen molar-refractivity contribution < 1.29 is 4.79 Å². The smallest absolute Gasteiger partial charge is 0.229 e. The Balaban J connectivity index is 1.52. The molecule has 0 radical (unpaired) electrons. The van der Waals surface area contributed by atoms with Crippen LogP contribution in [0, 0.1) is 0 Å². The van der Waals surface area contributed by atoms with Gasteiger partial charge in [0.25, 0.3) is 0 Å². The number of fused-ring (bicyclic) bond motifs is 1. The highest BCUT2D eigenvalue weighted by molar-refractivity contribution is 6.46. The number of nitrogens with zero attached hydrogens (tertiary/aromatic N) is 2. The molecular formula is C26H26ClN3O. The number of aliphatic imine (C=N–C) groups is 1. The molecule has 1 spiro atoms. The Hall–Kier alpha value is -2.85. The van der Waals surface area contributed by atoms with Gasteiger partial charge in [0, 0.05) is 10.6 Å². The van der Waals surface area contributed by atoms with Crippen molar-refractivity contribution in [3.8, 4) is 0 Å². The van der Waals surface area contributed by atoms with Crippen molar-refractivity contribution in [2.45, 2.75) is 50.6 Å². The van der Waals surface area contributed by atoms with Crippen LogP contribution in [-0.4, -0.2) is 17.3 Å². The van der Waals surface area contributed by atoms with Gasteiger partial charge in [-0.05, 0) is 66.8 Å². The van der Waals surface area contributed by atoms with Crippen LogP contribution in [0.4, 0.5) is 5.69 Å². The van der Waals surface area contributed by atoms with Gasteiger partial charge < -0.3 is 0 Å². The van der Waals surface area contributed by atoms with E-state index < -0.39 is 5.66 Å². The summed E-state index contributed by atoms with van der Waals surface area (Å²) < 4.78 is 0. The van der Waals surface area contributed by atoms with Crippen molar-refractivity contribution in [1.82, 2.24) is 5.43 Å². The highest BCUT2D eigenvalue weighted by Gasteiger charge is 2.43. The average molecular weight is 432 g/mol. The number of nitrogens with one attached hydrogen (secondary N) is 1. The summed E-state index contributed by atoms with van der Waals surface area (Å²) in [5.41, 5.74) is 4.58. The summed E-state index contributed by atoms with van der Waals surface area (Å²) in [5.74, 6) is 0.356. The lowest BCUT2D eigenvalue weighted by atomic mass is 9.90. The summed E-state index contributed by atoms with van der Waals surface area (Å²) in [6, 6.07) is 21.7. The van der Waals surface area contributed by atoms with Gasteiger partial charge in [-0.25, -0.2) is 4.99 Å². The van der Waals surface area contributed by atoms with E-state index >= 15 is 0 Å². The van der Waals surface area contributed by atoms with Crippen molar-refractivity contribution in [1.29, 1.82) is 0 Å². The van der Waals surface area contributed by atoms with Crippen molar-refractivity contribution in [3.63, 3.8) is 0 Å². The van der Waals surface area contributed by atoms with Gasteiger partial charge in [0.05, 0.1) is 5.69 Å². The van der Waals surface area contributed by atoms with E-state index in [-0.39, 0.29) is 5.78 Å². The van der Waals surface area contributed by atoms with Gasteiger partial charge in [-0.2, -0.15) is 0 Å². The maximum atomic E-state index is 13.5. The number of hydrogen-bond acceptors (Lipinski definition) is 4. The second-order valence-electron chi connectivity index (χ2n) is 8.53. The number of hydrogen-bond donors (Lipinski definition) is 1. The molecule has 4 nitrogen and oxygen atoms in total. The molecule has 1 heterocycles. The Bertz CT molecular complexity index is 1130. The van der Waals surface area contributed by atoms with Crippen LogP contribution >= 0.6 is 11.6 Å². The number of carbonyl (C=O) groups excluding carboxylic acids is 1. The number of halogens is 1. The number of Topliss-reactive ketones (excluding diaryl/α,β-unsaturated/α-hetero) is 1. The maximum absolute atomic E-state index is 13.5. The van der Waals surface area contributed by atoms with Crippen LogP contribution in [0.5, 0.6) is 0 Å². The SMILES string of the molecule is O=C(C1=NC2(CCCCCCC2)N(c2ccc(Cl)cc2)N1)c1ccc2ccccc2c1. The Morgan fingerprint density at radius 2 is 1.55 bits per heavy atom. The van der Waals surface area contributed by atoms with Crippen molar-refractivity contribution >= 4 is 39.7 Å². The number of carbonyl (C=O) groups is 1. The number of rotatable bonds is 3. The fourth-order valence-corrected chi connectivity index (χ4v) is 4.89. The van der Waals surface area contributed by atoms with Crippen LogP contribution in [0.15, 0.2) is 71.7 Å². The van der Waals surface area contributed by atoms with Crippen LogP contribution < -0.4 is 10.4 Å². The topological polar surface area (TPSA) is 44.7 Å². The fraction of sp³-hybridized carbons (Fsp3) is 0.308. The highest BCUT2D eigenvalue weighted by Crippen LogP contribution is 2.38. The highest BCUT2D eigenvalue weighted by atomic mass is 35.5. The van der Waals surface area contributed by atoms with Gasteiger partial charge >= 0.3 is 0 Å². The lowest BCUT2D eigenvalue weighted by Crippen LogP contribution is -2.51. The zero-order valence-corrected chi connectivity index (χ0v) is 18.2. The lowest BCUT2D eigenvalue weighted by molar-refractivity contribution is 0.106. The molecule has 3 aromatic carbocycles. The molecule has 31 heavy (non-hydrogen) atoms. The second-order valence-corrected chi connectivity index (χ2v) is 8.96. The summed E-state index contributed by atoms with van der Waals surface area (Å²) in [7, 11) is 0. The summed E-state index contributed by atoms with van der Waals surface area (Å²) >= 11 is 6.13. The Labute approximate surface area is 187 Å². The van der Waals surface area contributed by atoms with E-state index in [1.807, 2.05) is 60.7 Å². The van der Waals surface area contributed by atoms with E-state index in [0.29, 0.717) is 16.4 Å². The van der Waals surface area contributed by atoms with E-state index in [9.17, 15) is 4.79 Å². The predicted molar refractivity (Wildman–Crippen MR) is 128 cm³/mol. The van der Waals surface area contributed by atoms with Gasteiger partial charge in [-0.3, -0.25) is 15.2 Å². The minimum absolute atomic E-state index is 0.0661. The van der Waals surface area contributed by atoms with Crippen molar-refractivity contribution in [3.05, 3.63) is 77.3 Å². The van der Waals surface area contributed by atoms with E-state index in [4.69, 9.17) is 16.6 Å².